The quantitative estimate of drug-likeness (QED) is 0.622. The fourth-order valence-corrected chi connectivity index (χ4v) is 2.91. The highest BCUT2D eigenvalue weighted by atomic mass is 35.5. The number of nitrogen functional groups attached to an aromatic ring is 1. The van der Waals surface area contributed by atoms with E-state index in [9.17, 15) is 13.2 Å². The Kier molecular flexibility index (Phi) is 4.82. The molecule has 1 aromatic rings. The SMILES string of the molecule is C[Si](C)(C)O[C@@H](c1cc(Cl)c(N)c(Cl)c1)C(F)(F)F. The van der Waals surface area contributed by atoms with E-state index in [1.165, 1.54) is 0 Å². The van der Waals surface area contributed by atoms with Crippen LogP contribution in [0.25, 0.3) is 0 Å². The maximum Gasteiger partial charge on any atom is 0.417 e. The summed E-state index contributed by atoms with van der Waals surface area (Å²) < 4.78 is 44.4. The Morgan fingerprint density at radius 1 is 1.16 bits per heavy atom. The number of nitrogens with two attached hydrogens (primary N) is 1. The summed E-state index contributed by atoms with van der Waals surface area (Å²) >= 11 is 11.5. The van der Waals surface area contributed by atoms with Gasteiger partial charge in [0.1, 0.15) is 0 Å². The molecule has 0 heterocycles. The molecule has 2 N–H and O–H groups in total. The Hall–Kier alpha value is -0.433. The van der Waals surface area contributed by atoms with Gasteiger partial charge in [-0.1, -0.05) is 23.2 Å². The molecule has 0 fully saturated rings. The summed E-state index contributed by atoms with van der Waals surface area (Å²) in [6, 6.07) is 2.28. The van der Waals surface area contributed by atoms with Crippen LogP contribution in [0.15, 0.2) is 12.1 Å². The van der Waals surface area contributed by atoms with E-state index >= 15 is 0 Å². The zero-order valence-electron chi connectivity index (χ0n) is 10.6. The first-order chi connectivity index (χ1) is 8.42. The highest BCUT2D eigenvalue weighted by molar-refractivity contribution is 6.69. The van der Waals surface area contributed by atoms with Gasteiger partial charge >= 0.3 is 6.18 Å². The molecule has 1 rings (SSSR count). The third kappa shape index (κ3) is 4.56. The molecule has 0 saturated carbocycles. The van der Waals surface area contributed by atoms with Gasteiger partial charge in [0.25, 0.3) is 0 Å². The molecule has 0 spiro atoms. The molecule has 8 heteroatoms. The molecule has 19 heavy (non-hydrogen) atoms. The van der Waals surface area contributed by atoms with Gasteiger partial charge in [-0.3, -0.25) is 0 Å². The lowest BCUT2D eigenvalue weighted by atomic mass is 10.1. The van der Waals surface area contributed by atoms with E-state index in [1.54, 1.807) is 19.6 Å². The van der Waals surface area contributed by atoms with Gasteiger partial charge in [0.2, 0.25) is 0 Å². The van der Waals surface area contributed by atoms with Crippen LogP contribution < -0.4 is 5.73 Å². The highest BCUT2D eigenvalue weighted by Crippen LogP contribution is 2.41. The molecular weight excluding hydrogens is 318 g/mol. The normalized spacial score (nSPS) is 14.5. The lowest BCUT2D eigenvalue weighted by molar-refractivity contribution is -0.200. The third-order valence-electron chi connectivity index (χ3n) is 2.17. The summed E-state index contributed by atoms with van der Waals surface area (Å²) in [5, 5.41) is -0.0353. The summed E-state index contributed by atoms with van der Waals surface area (Å²) in [6.07, 6.45) is -6.59. The molecule has 108 valence electrons. The minimum atomic E-state index is -4.54. The molecule has 0 unspecified atom stereocenters. The van der Waals surface area contributed by atoms with Crippen LogP contribution in [0.1, 0.15) is 11.7 Å². The van der Waals surface area contributed by atoms with E-state index in [0.29, 0.717) is 0 Å². The minimum absolute atomic E-state index is 0.0177. The van der Waals surface area contributed by atoms with E-state index in [2.05, 4.69) is 0 Å². The van der Waals surface area contributed by atoms with E-state index < -0.39 is 20.6 Å². The van der Waals surface area contributed by atoms with Crippen molar-refractivity contribution in [3.63, 3.8) is 0 Å². The van der Waals surface area contributed by atoms with Crippen molar-refractivity contribution < 1.29 is 17.6 Å². The average Bonchev–Trinajstić information content (AvgIpc) is 2.19. The number of anilines is 1. The van der Waals surface area contributed by atoms with Crippen molar-refractivity contribution in [1.29, 1.82) is 0 Å². The van der Waals surface area contributed by atoms with Crippen LogP contribution in [0.5, 0.6) is 0 Å². The van der Waals surface area contributed by atoms with E-state index in [0.717, 1.165) is 12.1 Å². The van der Waals surface area contributed by atoms with E-state index in [4.69, 9.17) is 33.4 Å². The number of alkyl halides is 3. The van der Waals surface area contributed by atoms with Crippen molar-refractivity contribution >= 4 is 37.2 Å². The Bertz CT molecular complexity index is 451. The van der Waals surface area contributed by atoms with Crippen molar-refractivity contribution in [1.82, 2.24) is 0 Å². The predicted octanol–water partition coefficient (Wildman–Crippen LogP) is 5.03. The number of benzene rings is 1. The smallest absolute Gasteiger partial charge is 0.403 e. The molecule has 0 radical (unpaired) electrons. The molecule has 2 nitrogen and oxygen atoms in total. The van der Waals surface area contributed by atoms with Gasteiger partial charge in [0.05, 0.1) is 15.7 Å². The maximum absolute atomic E-state index is 13.1. The average molecular weight is 332 g/mol. The largest absolute Gasteiger partial charge is 0.417 e. The summed E-state index contributed by atoms with van der Waals surface area (Å²) in [6.45, 7) is 5.02. The number of hydrogen-bond acceptors (Lipinski definition) is 2. The Morgan fingerprint density at radius 2 is 1.58 bits per heavy atom. The molecule has 1 atom stereocenters. The van der Waals surface area contributed by atoms with Gasteiger partial charge < -0.3 is 10.2 Å². The van der Waals surface area contributed by atoms with Crippen LogP contribution in [-0.2, 0) is 4.43 Å². The van der Waals surface area contributed by atoms with Crippen molar-refractivity contribution in [2.75, 3.05) is 5.73 Å². The van der Waals surface area contributed by atoms with Gasteiger partial charge in [-0.05, 0) is 37.3 Å². The van der Waals surface area contributed by atoms with Crippen LogP contribution in [0.4, 0.5) is 18.9 Å². The van der Waals surface area contributed by atoms with Crippen LogP contribution in [0.2, 0.25) is 29.7 Å². The molecule has 0 amide bonds. The number of halogens is 5. The van der Waals surface area contributed by atoms with Gasteiger partial charge in [-0.15, -0.1) is 0 Å². The molecular formula is C11H14Cl2F3NOSi. The lowest BCUT2D eigenvalue weighted by Gasteiger charge is -2.28. The van der Waals surface area contributed by atoms with Crippen molar-refractivity contribution in [2.24, 2.45) is 0 Å². The fourth-order valence-electron chi connectivity index (χ4n) is 1.43. The summed E-state index contributed by atoms with van der Waals surface area (Å²) in [5.41, 5.74) is 5.43. The molecule has 1 aromatic carbocycles. The van der Waals surface area contributed by atoms with Crippen LogP contribution >= 0.6 is 23.2 Å². The third-order valence-corrected chi connectivity index (χ3v) is 3.74. The molecule has 0 aliphatic heterocycles. The summed E-state index contributed by atoms with van der Waals surface area (Å²) in [7, 11) is -2.40. The van der Waals surface area contributed by atoms with Gasteiger partial charge in [0, 0.05) is 0 Å². The Balaban J connectivity index is 3.26. The second-order valence-electron chi connectivity index (χ2n) is 5.05. The van der Waals surface area contributed by atoms with E-state index in [1.807, 2.05) is 0 Å². The fraction of sp³-hybridized carbons (Fsp3) is 0.455. The number of rotatable bonds is 3. The standard InChI is InChI=1S/C11H14Cl2F3NOSi/c1-19(2,3)18-10(11(14,15)16)6-4-7(12)9(17)8(13)5-6/h4-5,10H,17H2,1-3H3/t10-/m0/s1. The summed E-state index contributed by atoms with van der Waals surface area (Å²) in [5.74, 6) is 0. The monoisotopic (exact) mass is 331 g/mol. The van der Waals surface area contributed by atoms with Crippen LogP contribution in [0.3, 0.4) is 0 Å². The van der Waals surface area contributed by atoms with Crippen LogP contribution in [-0.4, -0.2) is 14.5 Å². The topological polar surface area (TPSA) is 35.2 Å². The minimum Gasteiger partial charge on any atom is -0.403 e. The highest BCUT2D eigenvalue weighted by Gasteiger charge is 2.44. The van der Waals surface area contributed by atoms with Crippen molar-refractivity contribution in [2.45, 2.75) is 31.9 Å². The lowest BCUT2D eigenvalue weighted by Crippen LogP contribution is -2.35. The predicted molar refractivity (Wildman–Crippen MR) is 74.1 cm³/mol. The molecule has 0 aliphatic carbocycles. The van der Waals surface area contributed by atoms with Gasteiger partial charge in [0.15, 0.2) is 14.4 Å². The van der Waals surface area contributed by atoms with Gasteiger partial charge in [-0.25, -0.2) is 0 Å². The maximum atomic E-state index is 13.1. The first-order valence-corrected chi connectivity index (χ1v) is 9.57. The number of hydrogen-bond donors (Lipinski definition) is 1. The van der Waals surface area contributed by atoms with Gasteiger partial charge in [-0.2, -0.15) is 13.2 Å². The zero-order valence-corrected chi connectivity index (χ0v) is 13.1. The summed E-state index contributed by atoms with van der Waals surface area (Å²) in [4.78, 5) is 0. The second kappa shape index (κ2) is 5.52. The molecule has 0 aliphatic rings. The molecule has 0 bridgehead atoms. The van der Waals surface area contributed by atoms with E-state index in [-0.39, 0.29) is 21.3 Å². The van der Waals surface area contributed by atoms with Crippen LogP contribution in [0, 0.1) is 0 Å². The Morgan fingerprint density at radius 3 is 1.89 bits per heavy atom. The second-order valence-corrected chi connectivity index (χ2v) is 10.3. The first-order valence-electron chi connectivity index (χ1n) is 5.41. The Labute approximate surface area is 120 Å². The zero-order chi connectivity index (χ0) is 15.0. The first kappa shape index (κ1) is 16.6. The molecule has 0 saturated heterocycles. The van der Waals surface area contributed by atoms with Crippen molar-refractivity contribution in [3.05, 3.63) is 27.7 Å². The van der Waals surface area contributed by atoms with Crippen molar-refractivity contribution in [3.8, 4) is 0 Å². The molecule has 0 aromatic heterocycles.